The van der Waals surface area contributed by atoms with E-state index in [1.807, 2.05) is 13.0 Å². The van der Waals surface area contributed by atoms with Gasteiger partial charge in [-0.1, -0.05) is 12.1 Å². The molecule has 0 unspecified atom stereocenters. The van der Waals surface area contributed by atoms with Gasteiger partial charge in [-0.15, -0.1) is 0 Å². The molecule has 1 N–H and O–H groups in total. The van der Waals surface area contributed by atoms with Gasteiger partial charge < -0.3 is 5.32 Å². The molecule has 0 fully saturated rings. The van der Waals surface area contributed by atoms with Crippen LogP contribution in [0.3, 0.4) is 0 Å². The van der Waals surface area contributed by atoms with Crippen molar-refractivity contribution >= 4 is 16.7 Å². The maximum Gasteiger partial charge on any atom is 0.202 e. The topological polar surface area (TPSA) is 37.8 Å². The Bertz CT molecular complexity index is 470. The van der Waals surface area contributed by atoms with E-state index in [0.717, 1.165) is 23.1 Å². The molecule has 2 aromatic rings. The Morgan fingerprint density at radius 1 is 1.44 bits per heavy atom. The number of hydrogen-bond acceptors (Lipinski definition) is 4. The van der Waals surface area contributed by atoms with Gasteiger partial charge in [0.25, 0.3) is 0 Å². The molecule has 0 saturated heterocycles. The summed E-state index contributed by atoms with van der Waals surface area (Å²) in [5.74, 6) is 0.506. The molecule has 0 bridgehead atoms. The van der Waals surface area contributed by atoms with Crippen molar-refractivity contribution in [3.63, 3.8) is 0 Å². The van der Waals surface area contributed by atoms with Crippen LogP contribution in [0.25, 0.3) is 0 Å². The number of nitrogens with one attached hydrogen (secondary N) is 1. The highest BCUT2D eigenvalue weighted by atomic mass is 32.1. The first-order chi connectivity index (χ1) is 7.78. The average molecular weight is 237 g/mol. The lowest BCUT2D eigenvalue weighted by atomic mass is 10.1. The van der Waals surface area contributed by atoms with Crippen LogP contribution in [0.4, 0.5) is 9.52 Å². The van der Waals surface area contributed by atoms with Crippen LogP contribution in [0.5, 0.6) is 0 Å². The van der Waals surface area contributed by atoms with E-state index in [4.69, 9.17) is 0 Å². The molecule has 0 saturated carbocycles. The average Bonchev–Trinajstić information content (AvgIpc) is 2.66. The normalized spacial score (nSPS) is 10.4. The van der Waals surface area contributed by atoms with Gasteiger partial charge in [-0.25, -0.2) is 9.37 Å². The first-order valence-corrected chi connectivity index (χ1v) is 5.86. The summed E-state index contributed by atoms with van der Waals surface area (Å²) in [4.78, 5) is 4.30. The second-order valence-electron chi connectivity index (χ2n) is 3.35. The molecule has 2 rings (SSSR count). The summed E-state index contributed by atoms with van der Waals surface area (Å²) < 4.78 is 17.2. The molecule has 84 valence electrons. The third-order valence-corrected chi connectivity index (χ3v) is 2.76. The van der Waals surface area contributed by atoms with E-state index in [2.05, 4.69) is 14.7 Å². The van der Waals surface area contributed by atoms with Gasteiger partial charge in [-0.05, 0) is 24.6 Å². The van der Waals surface area contributed by atoms with Gasteiger partial charge in [0.1, 0.15) is 11.6 Å². The largest absolute Gasteiger partial charge is 0.361 e. The summed E-state index contributed by atoms with van der Waals surface area (Å²) in [6.45, 7) is 2.84. The van der Waals surface area contributed by atoms with Crippen LogP contribution < -0.4 is 5.32 Å². The van der Waals surface area contributed by atoms with Gasteiger partial charge in [-0.2, -0.15) is 4.37 Å². The molecule has 0 aliphatic rings. The minimum Gasteiger partial charge on any atom is -0.361 e. The summed E-state index contributed by atoms with van der Waals surface area (Å²) >= 11 is 1.33. The highest BCUT2D eigenvalue weighted by Gasteiger charge is 2.04. The Hall–Kier alpha value is -1.49. The highest BCUT2D eigenvalue weighted by molar-refractivity contribution is 7.09. The Balaban J connectivity index is 2.08. The Morgan fingerprint density at radius 3 is 3.06 bits per heavy atom. The molecule has 5 heteroatoms. The Labute approximate surface area is 97.5 Å². The van der Waals surface area contributed by atoms with Crippen molar-refractivity contribution < 1.29 is 4.39 Å². The fourth-order valence-corrected chi connectivity index (χ4v) is 2.03. The molecule has 3 nitrogen and oxygen atoms in total. The van der Waals surface area contributed by atoms with Crippen LogP contribution in [0, 0.1) is 5.82 Å². The second kappa shape index (κ2) is 5.03. The van der Waals surface area contributed by atoms with Crippen molar-refractivity contribution in [2.24, 2.45) is 0 Å². The number of halogens is 1. The first kappa shape index (κ1) is 11.0. The predicted molar refractivity (Wildman–Crippen MR) is 63.3 cm³/mol. The van der Waals surface area contributed by atoms with Gasteiger partial charge in [0.15, 0.2) is 0 Å². The standard InChI is InChI=1S/C11H12FN3S/c1-2-13-11-14-10(15-16-11)7-8-4-3-5-9(12)6-8/h3-6H,2,7H2,1H3,(H,13,14,15). The van der Waals surface area contributed by atoms with E-state index in [-0.39, 0.29) is 5.82 Å². The molecule has 16 heavy (non-hydrogen) atoms. The fourth-order valence-electron chi connectivity index (χ4n) is 1.38. The maximum atomic E-state index is 12.9. The number of benzene rings is 1. The third-order valence-electron chi connectivity index (χ3n) is 2.05. The minimum absolute atomic E-state index is 0.223. The fraction of sp³-hybridized carbons (Fsp3) is 0.273. The molecular weight excluding hydrogens is 225 g/mol. The number of nitrogens with zero attached hydrogens (tertiary/aromatic N) is 2. The van der Waals surface area contributed by atoms with Crippen LogP contribution in [-0.2, 0) is 6.42 Å². The molecular formula is C11H12FN3S. The maximum absolute atomic E-state index is 12.9. The number of anilines is 1. The van der Waals surface area contributed by atoms with Gasteiger partial charge in [0.2, 0.25) is 5.13 Å². The molecule has 1 aromatic carbocycles. The van der Waals surface area contributed by atoms with Gasteiger partial charge in [0.05, 0.1) is 0 Å². The minimum atomic E-state index is -0.223. The number of aromatic nitrogens is 2. The molecule has 0 aliphatic heterocycles. The molecule has 0 radical (unpaired) electrons. The van der Waals surface area contributed by atoms with Crippen LogP contribution in [0.2, 0.25) is 0 Å². The molecule has 0 atom stereocenters. The van der Waals surface area contributed by atoms with Crippen LogP contribution in [0.1, 0.15) is 18.3 Å². The van der Waals surface area contributed by atoms with Crippen molar-refractivity contribution in [1.82, 2.24) is 9.36 Å². The van der Waals surface area contributed by atoms with E-state index in [1.54, 1.807) is 6.07 Å². The summed E-state index contributed by atoms with van der Waals surface area (Å²) in [6.07, 6.45) is 0.569. The van der Waals surface area contributed by atoms with Crippen molar-refractivity contribution in [1.29, 1.82) is 0 Å². The van der Waals surface area contributed by atoms with E-state index in [9.17, 15) is 4.39 Å². The highest BCUT2D eigenvalue weighted by Crippen LogP contribution is 2.14. The molecule has 0 aliphatic carbocycles. The van der Waals surface area contributed by atoms with E-state index >= 15 is 0 Å². The van der Waals surface area contributed by atoms with Crippen LogP contribution in [-0.4, -0.2) is 15.9 Å². The zero-order chi connectivity index (χ0) is 11.4. The number of rotatable bonds is 4. The SMILES string of the molecule is CCNc1nc(Cc2cccc(F)c2)ns1. The lowest BCUT2D eigenvalue weighted by Crippen LogP contribution is -1.96. The summed E-state index contributed by atoms with van der Waals surface area (Å²) in [5.41, 5.74) is 0.890. The second-order valence-corrected chi connectivity index (χ2v) is 4.10. The van der Waals surface area contributed by atoms with Crippen molar-refractivity contribution in [2.45, 2.75) is 13.3 Å². The quantitative estimate of drug-likeness (QED) is 0.888. The van der Waals surface area contributed by atoms with Crippen molar-refractivity contribution in [3.8, 4) is 0 Å². The smallest absolute Gasteiger partial charge is 0.202 e. The van der Waals surface area contributed by atoms with Crippen molar-refractivity contribution in [2.75, 3.05) is 11.9 Å². The number of hydrogen-bond donors (Lipinski definition) is 1. The van der Waals surface area contributed by atoms with Crippen LogP contribution in [0.15, 0.2) is 24.3 Å². The lowest BCUT2D eigenvalue weighted by molar-refractivity contribution is 0.626. The lowest BCUT2D eigenvalue weighted by Gasteiger charge is -1.97. The monoisotopic (exact) mass is 237 g/mol. The first-order valence-electron chi connectivity index (χ1n) is 5.09. The van der Waals surface area contributed by atoms with E-state index < -0.39 is 0 Å². The molecule has 1 aromatic heterocycles. The van der Waals surface area contributed by atoms with E-state index in [1.165, 1.54) is 23.7 Å². The zero-order valence-electron chi connectivity index (χ0n) is 8.90. The third kappa shape index (κ3) is 2.76. The molecule has 0 amide bonds. The van der Waals surface area contributed by atoms with Crippen molar-refractivity contribution in [3.05, 3.63) is 41.5 Å². The summed E-state index contributed by atoms with van der Waals surface area (Å²) in [5, 5.41) is 3.91. The van der Waals surface area contributed by atoms with Gasteiger partial charge >= 0.3 is 0 Å². The Kier molecular flexibility index (Phi) is 3.46. The molecule has 1 heterocycles. The zero-order valence-corrected chi connectivity index (χ0v) is 9.72. The van der Waals surface area contributed by atoms with Gasteiger partial charge in [0, 0.05) is 24.5 Å². The van der Waals surface area contributed by atoms with Crippen LogP contribution >= 0.6 is 11.5 Å². The van der Waals surface area contributed by atoms with Gasteiger partial charge in [-0.3, -0.25) is 0 Å². The molecule has 0 spiro atoms. The summed E-state index contributed by atoms with van der Waals surface area (Å²) in [7, 11) is 0. The Morgan fingerprint density at radius 2 is 2.31 bits per heavy atom. The van der Waals surface area contributed by atoms with E-state index in [0.29, 0.717) is 6.42 Å². The predicted octanol–water partition coefficient (Wildman–Crippen LogP) is 2.70. The summed E-state index contributed by atoms with van der Waals surface area (Å²) in [6, 6.07) is 6.51.